The van der Waals surface area contributed by atoms with Gasteiger partial charge in [-0.25, -0.2) is 13.4 Å². The first-order valence-electron chi connectivity index (χ1n) is 9.76. The van der Waals surface area contributed by atoms with Crippen LogP contribution in [0.3, 0.4) is 0 Å². The molecule has 3 heterocycles. The molecule has 1 fully saturated rings. The third kappa shape index (κ3) is 4.28. The molecule has 29 heavy (non-hydrogen) atoms. The molecule has 0 saturated carbocycles. The molecule has 1 atom stereocenters. The molecule has 3 aromatic rings. The normalized spacial score (nSPS) is 18.6. The van der Waals surface area contributed by atoms with Crippen molar-refractivity contribution in [1.82, 2.24) is 19.7 Å². The van der Waals surface area contributed by atoms with Gasteiger partial charge in [-0.2, -0.15) is 5.10 Å². The number of sulfone groups is 1. The van der Waals surface area contributed by atoms with Crippen molar-refractivity contribution >= 4 is 9.84 Å². The zero-order valence-electron chi connectivity index (χ0n) is 17.0. The maximum absolute atomic E-state index is 11.8. The van der Waals surface area contributed by atoms with Crippen molar-refractivity contribution < 1.29 is 12.8 Å². The van der Waals surface area contributed by atoms with Crippen LogP contribution in [0.15, 0.2) is 40.9 Å². The Kier molecular flexibility index (Phi) is 5.31. The van der Waals surface area contributed by atoms with Gasteiger partial charge in [-0.15, -0.1) is 0 Å². The summed E-state index contributed by atoms with van der Waals surface area (Å²) < 4.78 is 31.5. The van der Waals surface area contributed by atoms with Crippen LogP contribution in [0.25, 0.3) is 11.3 Å². The van der Waals surface area contributed by atoms with Crippen molar-refractivity contribution in [1.29, 1.82) is 0 Å². The Bertz CT molecular complexity index is 1100. The van der Waals surface area contributed by atoms with E-state index >= 15 is 0 Å². The second-order valence-corrected chi connectivity index (χ2v) is 10.0. The number of hydrogen-bond donors (Lipinski definition) is 0. The van der Waals surface area contributed by atoms with Crippen LogP contribution in [0.5, 0.6) is 0 Å². The minimum Gasteiger partial charge on any atom is -0.439 e. The van der Waals surface area contributed by atoms with Crippen molar-refractivity contribution in [3.8, 4) is 11.3 Å². The molecule has 0 bridgehead atoms. The van der Waals surface area contributed by atoms with E-state index in [1.165, 1.54) is 0 Å². The first-order valence-corrected chi connectivity index (χ1v) is 11.6. The highest BCUT2D eigenvalue weighted by atomic mass is 32.2. The zero-order chi connectivity index (χ0) is 20.6. The first kappa shape index (κ1) is 19.8. The first-order chi connectivity index (χ1) is 13.8. The SMILES string of the molecule is Cc1nn([C@H]2CCS(=O)(=O)C2)c(C)c1CN(C)Cc1ncc(-c2ccccc2)o1. The van der Waals surface area contributed by atoms with Gasteiger partial charge in [0.05, 0.1) is 36.0 Å². The fourth-order valence-corrected chi connectivity index (χ4v) is 5.62. The molecule has 2 aromatic heterocycles. The van der Waals surface area contributed by atoms with E-state index < -0.39 is 9.84 Å². The molecule has 1 aliphatic heterocycles. The topological polar surface area (TPSA) is 81.2 Å². The summed E-state index contributed by atoms with van der Waals surface area (Å²) in [5.41, 5.74) is 4.12. The standard InChI is InChI=1S/C21H26N4O3S/c1-15-19(16(2)25(23-15)18-9-10-29(26,27)14-18)12-24(3)13-21-22-11-20(28-21)17-7-5-4-6-8-17/h4-8,11,18H,9-10,12-14H2,1-3H3/t18-/m0/s1. The van der Waals surface area contributed by atoms with E-state index in [1.54, 1.807) is 6.20 Å². The van der Waals surface area contributed by atoms with Crippen molar-refractivity contribution in [2.24, 2.45) is 0 Å². The summed E-state index contributed by atoms with van der Waals surface area (Å²) in [4.78, 5) is 6.54. The Labute approximate surface area is 171 Å². The van der Waals surface area contributed by atoms with Crippen LogP contribution in [0.4, 0.5) is 0 Å². The molecule has 8 heteroatoms. The minimum absolute atomic E-state index is 0.0575. The Hall–Kier alpha value is -2.45. The summed E-state index contributed by atoms with van der Waals surface area (Å²) in [5.74, 6) is 1.86. The highest BCUT2D eigenvalue weighted by Gasteiger charge is 2.31. The van der Waals surface area contributed by atoms with Crippen molar-refractivity contribution in [3.05, 3.63) is 59.4 Å². The van der Waals surface area contributed by atoms with E-state index in [9.17, 15) is 8.42 Å². The maximum atomic E-state index is 11.8. The van der Waals surface area contributed by atoms with Gasteiger partial charge in [0.2, 0.25) is 5.89 Å². The van der Waals surface area contributed by atoms with Crippen molar-refractivity contribution in [3.63, 3.8) is 0 Å². The zero-order valence-corrected chi connectivity index (χ0v) is 17.8. The predicted molar refractivity (Wildman–Crippen MR) is 111 cm³/mol. The number of aryl methyl sites for hydroxylation is 1. The number of nitrogens with zero attached hydrogens (tertiary/aromatic N) is 4. The van der Waals surface area contributed by atoms with E-state index in [0.29, 0.717) is 25.4 Å². The Morgan fingerprint density at radius 3 is 2.66 bits per heavy atom. The average molecular weight is 415 g/mol. The van der Waals surface area contributed by atoms with E-state index in [-0.39, 0.29) is 17.5 Å². The van der Waals surface area contributed by atoms with Gasteiger partial charge in [-0.1, -0.05) is 30.3 Å². The van der Waals surface area contributed by atoms with E-state index in [0.717, 1.165) is 28.3 Å². The Morgan fingerprint density at radius 1 is 1.21 bits per heavy atom. The number of hydrogen-bond acceptors (Lipinski definition) is 6. The third-order valence-corrected chi connectivity index (χ3v) is 7.22. The van der Waals surface area contributed by atoms with Crippen LogP contribution in [-0.4, -0.2) is 46.6 Å². The van der Waals surface area contributed by atoms with Gasteiger partial charge in [-0.3, -0.25) is 9.58 Å². The molecule has 4 rings (SSSR count). The van der Waals surface area contributed by atoms with Gasteiger partial charge in [0, 0.05) is 23.4 Å². The molecule has 154 valence electrons. The summed E-state index contributed by atoms with van der Waals surface area (Å²) >= 11 is 0. The van der Waals surface area contributed by atoms with Gasteiger partial charge >= 0.3 is 0 Å². The van der Waals surface area contributed by atoms with E-state index in [1.807, 2.05) is 55.9 Å². The molecule has 0 unspecified atom stereocenters. The van der Waals surface area contributed by atoms with Gasteiger partial charge in [0.25, 0.3) is 0 Å². The second-order valence-electron chi connectivity index (χ2n) is 7.81. The molecule has 0 spiro atoms. The van der Waals surface area contributed by atoms with Gasteiger partial charge in [0.15, 0.2) is 15.6 Å². The number of aromatic nitrogens is 3. The second kappa shape index (κ2) is 7.76. The van der Waals surface area contributed by atoms with Crippen LogP contribution in [0.2, 0.25) is 0 Å². The van der Waals surface area contributed by atoms with Crippen molar-refractivity contribution in [2.75, 3.05) is 18.6 Å². The Balaban J connectivity index is 1.45. The molecule has 1 saturated heterocycles. The van der Waals surface area contributed by atoms with Crippen LogP contribution < -0.4 is 0 Å². The highest BCUT2D eigenvalue weighted by molar-refractivity contribution is 7.91. The monoisotopic (exact) mass is 414 g/mol. The lowest BCUT2D eigenvalue weighted by Crippen LogP contribution is -2.19. The molecule has 1 aromatic carbocycles. The van der Waals surface area contributed by atoms with E-state index in [2.05, 4.69) is 15.0 Å². The quantitative estimate of drug-likeness (QED) is 0.616. The summed E-state index contributed by atoms with van der Waals surface area (Å²) in [6, 6.07) is 9.86. The smallest absolute Gasteiger partial charge is 0.209 e. The average Bonchev–Trinajstić information content (AvgIpc) is 3.36. The molecule has 7 nitrogen and oxygen atoms in total. The summed E-state index contributed by atoms with van der Waals surface area (Å²) in [6.07, 6.45) is 2.39. The maximum Gasteiger partial charge on any atom is 0.209 e. The Morgan fingerprint density at radius 2 is 1.97 bits per heavy atom. The number of benzene rings is 1. The predicted octanol–water partition coefficient (Wildman–Crippen LogP) is 3.15. The van der Waals surface area contributed by atoms with Gasteiger partial charge in [-0.05, 0) is 27.3 Å². The molecule has 0 radical (unpaired) electrons. The lowest BCUT2D eigenvalue weighted by molar-refractivity contribution is 0.281. The minimum atomic E-state index is -2.94. The fourth-order valence-electron chi connectivity index (χ4n) is 3.93. The molecular formula is C21H26N4O3S. The van der Waals surface area contributed by atoms with Crippen LogP contribution >= 0.6 is 0 Å². The largest absolute Gasteiger partial charge is 0.439 e. The van der Waals surface area contributed by atoms with Crippen molar-refractivity contribution in [2.45, 2.75) is 39.4 Å². The number of rotatable bonds is 6. The lowest BCUT2D eigenvalue weighted by Gasteiger charge is -2.16. The van der Waals surface area contributed by atoms with Crippen LogP contribution in [0.1, 0.15) is 35.3 Å². The summed E-state index contributed by atoms with van der Waals surface area (Å²) in [7, 11) is -0.924. The summed E-state index contributed by atoms with van der Waals surface area (Å²) in [5, 5.41) is 4.65. The number of oxazole rings is 1. The highest BCUT2D eigenvalue weighted by Crippen LogP contribution is 2.27. The molecular weight excluding hydrogens is 388 g/mol. The lowest BCUT2D eigenvalue weighted by atomic mass is 10.1. The summed E-state index contributed by atoms with van der Waals surface area (Å²) in [6.45, 7) is 5.27. The van der Waals surface area contributed by atoms with E-state index in [4.69, 9.17) is 4.42 Å². The van der Waals surface area contributed by atoms with Gasteiger partial charge in [0.1, 0.15) is 0 Å². The molecule has 0 N–H and O–H groups in total. The van der Waals surface area contributed by atoms with Crippen LogP contribution in [0, 0.1) is 13.8 Å². The molecule has 1 aliphatic rings. The third-order valence-electron chi connectivity index (χ3n) is 5.47. The van der Waals surface area contributed by atoms with Gasteiger partial charge < -0.3 is 4.42 Å². The molecule has 0 aliphatic carbocycles. The van der Waals surface area contributed by atoms with Crippen LogP contribution in [-0.2, 0) is 22.9 Å². The molecule has 0 amide bonds. The fraction of sp³-hybridized carbons (Fsp3) is 0.429.